The number of unbranched alkanes of at least 4 members (excludes halogenated alkanes) is 16. The molecule has 0 saturated heterocycles. The fourth-order valence-electron chi connectivity index (χ4n) is 4.55. The molecule has 0 N–H and O–H groups in total. The third-order valence-corrected chi connectivity index (χ3v) is 6.51. The minimum absolute atomic E-state index is 0.303. The topological polar surface area (TPSA) is 17.1 Å². The highest BCUT2D eigenvalue weighted by atomic mass is 16.2. The first kappa shape index (κ1) is 30.6. The Kier molecular flexibility index (Phi) is 21.8. The largest absolute Gasteiger partial charge is 0.314 e. The second kappa shape index (κ2) is 22.8. The lowest BCUT2D eigenvalue weighted by atomic mass is 10.0. The van der Waals surface area contributed by atoms with E-state index in [1.54, 1.807) is 0 Å². The summed E-state index contributed by atoms with van der Waals surface area (Å²) in [6, 6.07) is 0. The maximum Gasteiger partial charge on any atom is 0.314 e. The quantitative estimate of drug-likeness (QED) is 0.0779. The van der Waals surface area contributed by atoms with Crippen molar-refractivity contribution in [1.29, 1.82) is 0 Å². The summed E-state index contributed by atoms with van der Waals surface area (Å²) in [6.07, 6.45) is 30.9. The molecule has 0 radical (unpaired) electrons. The third-order valence-electron chi connectivity index (χ3n) is 6.51. The van der Waals surface area contributed by atoms with Gasteiger partial charge in [-0.1, -0.05) is 116 Å². The number of quaternary nitrogens is 1. The van der Waals surface area contributed by atoms with Crippen LogP contribution in [-0.2, 0) is 4.79 Å². The average Bonchev–Trinajstić information content (AvgIpc) is 2.78. The smallest absolute Gasteiger partial charge is 0.251 e. The van der Waals surface area contributed by atoms with Gasteiger partial charge in [-0.25, -0.2) is 4.79 Å². The lowest BCUT2D eigenvalue weighted by Gasteiger charge is -2.33. The predicted octanol–water partition coefficient (Wildman–Crippen LogP) is 9.10. The average molecular weight is 445 g/mol. The Morgan fingerprint density at radius 3 is 1.09 bits per heavy atom. The highest BCUT2D eigenvalue weighted by Gasteiger charge is 2.32. The van der Waals surface area contributed by atoms with Crippen LogP contribution in [0.2, 0.25) is 0 Å². The zero-order valence-electron chi connectivity index (χ0n) is 21.3. The maximum atomic E-state index is 12.8. The Bertz CT molecular complexity index is 467. The van der Waals surface area contributed by atoms with Gasteiger partial charge in [-0.15, -0.1) is 6.58 Å². The number of amides is 1. The molecule has 2 heteroatoms. The summed E-state index contributed by atoms with van der Waals surface area (Å²) in [5.41, 5.74) is 0. The molecular weight excluding hydrogens is 390 g/mol. The minimum Gasteiger partial charge on any atom is -0.251 e. The standard InChI is InChI=1S/C30H54NO/c1-5-9-10-11-12-13-14-15-16-17-18-19-20-21-22-23-24-25-26-30(32)31(27-6-2,28-7-3)29-8-4/h5-8H,1-4,9-29H2/q+1. The van der Waals surface area contributed by atoms with Crippen LogP contribution in [-0.4, -0.2) is 30.0 Å². The van der Waals surface area contributed by atoms with E-state index in [0.717, 1.165) is 12.8 Å². The van der Waals surface area contributed by atoms with E-state index < -0.39 is 0 Å². The molecule has 0 spiro atoms. The SMILES string of the molecule is C=CCCCCCCCCCCCCCCCCCCC(=O)[N+](CC=C)(CC=C)CC=C. The molecule has 0 aliphatic carbocycles. The van der Waals surface area contributed by atoms with E-state index in [1.807, 2.05) is 24.3 Å². The van der Waals surface area contributed by atoms with E-state index in [0.29, 0.717) is 36.4 Å². The van der Waals surface area contributed by atoms with Gasteiger partial charge in [-0.3, -0.25) is 4.48 Å². The second-order valence-corrected chi connectivity index (χ2v) is 9.44. The fourth-order valence-corrected chi connectivity index (χ4v) is 4.55. The van der Waals surface area contributed by atoms with Crippen LogP contribution in [0.1, 0.15) is 116 Å². The molecule has 0 aliphatic rings. The number of carbonyl (C=O) groups excluding carboxylic acids is 1. The van der Waals surface area contributed by atoms with Crippen LogP contribution in [0.3, 0.4) is 0 Å². The van der Waals surface area contributed by atoms with Gasteiger partial charge in [-0.05, 0) is 37.5 Å². The maximum absolute atomic E-state index is 12.8. The molecule has 0 fully saturated rings. The lowest BCUT2D eigenvalue weighted by molar-refractivity contribution is -0.837. The van der Waals surface area contributed by atoms with E-state index in [-0.39, 0.29) is 0 Å². The highest BCUT2D eigenvalue weighted by Crippen LogP contribution is 2.17. The first-order chi connectivity index (χ1) is 15.7. The van der Waals surface area contributed by atoms with E-state index >= 15 is 0 Å². The third kappa shape index (κ3) is 16.3. The Hall–Kier alpha value is -1.41. The Labute approximate surface area is 201 Å². The van der Waals surface area contributed by atoms with Gasteiger partial charge in [0.25, 0.3) is 0 Å². The van der Waals surface area contributed by atoms with Crippen molar-refractivity contribution >= 4 is 5.91 Å². The first-order valence-corrected chi connectivity index (χ1v) is 13.5. The van der Waals surface area contributed by atoms with Crippen molar-refractivity contribution in [3.8, 4) is 0 Å². The summed E-state index contributed by atoms with van der Waals surface area (Å²) >= 11 is 0. The van der Waals surface area contributed by atoms with Crippen molar-refractivity contribution in [3.63, 3.8) is 0 Å². The van der Waals surface area contributed by atoms with Crippen molar-refractivity contribution < 1.29 is 9.28 Å². The van der Waals surface area contributed by atoms with Gasteiger partial charge < -0.3 is 0 Å². The molecule has 0 unspecified atom stereocenters. The van der Waals surface area contributed by atoms with Crippen LogP contribution in [0.25, 0.3) is 0 Å². The summed E-state index contributed by atoms with van der Waals surface area (Å²) in [5.74, 6) is 0.303. The molecule has 0 rings (SSSR count). The summed E-state index contributed by atoms with van der Waals surface area (Å²) < 4.78 is 0.395. The number of hydrogen-bond donors (Lipinski definition) is 0. The van der Waals surface area contributed by atoms with Gasteiger partial charge >= 0.3 is 5.91 Å². The normalized spacial score (nSPS) is 11.2. The van der Waals surface area contributed by atoms with Crippen LogP contribution in [0.5, 0.6) is 0 Å². The summed E-state index contributed by atoms with van der Waals surface area (Å²) in [5, 5.41) is 0. The van der Waals surface area contributed by atoms with Crippen LogP contribution in [0.4, 0.5) is 0 Å². The van der Waals surface area contributed by atoms with E-state index in [2.05, 4.69) is 26.3 Å². The van der Waals surface area contributed by atoms with E-state index in [9.17, 15) is 4.79 Å². The van der Waals surface area contributed by atoms with Gasteiger partial charge in [0.2, 0.25) is 0 Å². The van der Waals surface area contributed by atoms with Gasteiger partial charge in [0.05, 0.1) is 6.42 Å². The first-order valence-electron chi connectivity index (χ1n) is 13.5. The van der Waals surface area contributed by atoms with Crippen molar-refractivity contribution in [1.82, 2.24) is 0 Å². The molecule has 184 valence electrons. The number of allylic oxidation sites excluding steroid dienone is 1. The summed E-state index contributed by atoms with van der Waals surface area (Å²) in [7, 11) is 0. The van der Waals surface area contributed by atoms with Crippen molar-refractivity contribution in [3.05, 3.63) is 50.6 Å². The molecule has 0 aromatic rings. The summed E-state index contributed by atoms with van der Waals surface area (Å²) in [4.78, 5) is 12.8. The number of rotatable bonds is 25. The molecule has 2 nitrogen and oxygen atoms in total. The Morgan fingerprint density at radius 1 is 0.469 bits per heavy atom. The molecular formula is C30H54NO+. The molecule has 0 aromatic carbocycles. The van der Waals surface area contributed by atoms with Gasteiger partial charge in [0, 0.05) is 0 Å². The molecule has 0 atom stereocenters. The van der Waals surface area contributed by atoms with E-state index in [4.69, 9.17) is 0 Å². The fraction of sp³-hybridized carbons (Fsp3) is 0.700. The second-order valence-electron chi connectivity index (χ2n) is 9.44. The molecule has 32 heavy (non-hydrogen) atoms. The van der Waals surface area contributed by atoms with Gasteiger partial charge in [0.1, 0.15) is 19.6 Å². The zero-order chi connectivity index (χ0) is 23.8. The predicted molar refractivity (Wildman–Crippen MR) is 144 cm³/mol. The minimum atomic E-state index is 0.303. The molecule has 0 heterocycles. The van der Waals surface area contributed by atoms with Gasteiger partial charge in [0.15, 0.2) is 0 Å². The van der Waals surface area contributed by atoms with Crippen LogP contribution >= 0.6 is 0 Å². The zero-order valence-corrected chi connectivity index (χ0v) is 21.3. The Balaban J connectivity index is 3.57. The molecule has 1 amide bonds. The number of hydrogen-bond acceptors (Lipinski definition) is 1. The van der Waals surface area contributed by atoms with Crippen molar-refractivity contribution in [2.75, 3.05) is 19.6 Å². The van der Waals surface area contributed by atoms with Crippen LogP contribution < -0.4 is 0 Å². The molecule has 0 bridgehead atoms. The van der Waals surface area contributed by atoms with Gasteiger partial charge in [-0.2, -0.15) is 0 Å². The lowest BCUT2D eigenvalue weighted by Crippen LogP contribution is -2.53. The molecule has 0 aromatic heterocycles. The highest BCUT2D eigenvalue weighted by molar-refractivity contribution is 5.69. The van der Waals surface area contributed by atoms with E-state index in [1.165, 1.54) is 96.3 Å². The van der Waals surface area contributed by atoms with Crippen molar-refractivity contribution in [2.45, 2.75) is 116 Å². The van der Waals surface area contributed by atoms with Crippen LogP contribution in [0.15, 0.2) is 50.6 Å². The number of nitrogens with zero attached hydrogens (tertiary/aromatic N) is 1. The summed E-state index contributed by atoms with van der Waals surface area (Å²) in [6.45, 7) is 17.3. The number of carbonyl (C=O) groups is 1. The molecule has 0 saturated carbocycles. The van der Waals surface area contributed by atoms with Crippen LogP contribution in [0, 0.1) is 0 Å². The molecule has 0 aliphatic heterocycles. The van der Waals surface area contributed by atoms with Crippen molar-refractivity contribution in [2.24, 2.45) is 0 Å². The Morgan fingerprint density at radius 2 is 0.781 bits per heavy atom. The monoisotopic (exact) mass is 444 g/mol.